The molecule has 122 valence electrons. The van der Waals surface area contributed by atoms with Gasteiger partial charge in [-0.1, -0.05) is 17.7 Å². The van der Waals surface area contributed by atoms with Crippen LogP contribution in [0.5, 0.6) is 5.75 Å². The minimum Gasteiger partial charge on any atom is -0.484 e. The summed E-state index contributed by atoms with van der Waals surface area (Å²) >= 11 is 5.91. The SMILES string of the molecule is Cc1cc(OCC(=O)NC(C)c2ccc(F)cc2F)ccc1Cl. The first-order chi connectivity index (χ1) is 10.9. The fourth-order valence-corrected chi connectivity index (χ4v) is 2.19. The van der Waals surface area contributed by atoms with Gasteiger partial charge in [0.2, 0.25) is 0 Å². The van der Waals surface area contributed by atoms with Gasteiger partial charge >= 0.3 is 0 Å². The summed E-state index contributed by atoms with van der Waals surface area (Å²) in [5.74, 6) is -1.25. The van der Waals surface area contributed by atoms with E-state index >= 15 is 0 Å². The molecule has 1 N–H and O–H groups in total. The first kappa shape index (κ1) is 17.2. The lowest BCUT2D eigenvalue weighted by Gasteiger charge is -2.15. The summed E-state index contributed by atoms with van der Waals surface area (Å²) in [6, 6.07) is 7.70. The summed E-state index contributed by atoms with van der Waals surface area (Å²) in [5.41, 5.74) is 1.05. The van der Waals surface area contributed by atoms with Crippen molar-refractivity contribution in [1.82, 2.24) is 5.32 Å². The third kappa shape index (κ3) is 4.66. The summed E-state index contributed by atoms with van der Waals surface area (Å²) in [6.07, 6.45) is 0. The van der Waals surface area contributed by atoms with Crippen molar-refractivity contribution in [3.8, 4) is 5.75 Å². The number of amides is 1. The number of rotatable bonds is 5. The van der Waals surface area contributed by atoms with Crippen LogP contribution in [0.1, 0.15) is 24.1 Å². The van der Waals surface area contributed by atoms with Crippen LogP contribution in [0.25, 0.3) is 0 Å². The lowest BCUT2D eigenvalue weighted by Crippen LogP contribution is -2.31. The molecule has 3 nitrogen and oxygen atoms in total. The van der Waals surface area contributed by atoms with Gasteiger partial charge in [-0.3, -0.25) is 4.79 Å². The van der Waals surface area contributed by atoms with Gasteiger partial charge < -0.3 is 10.1 Å². The van der Waals surface area contributed by atoms with Gasteiger partial charge in [-0.05, 0) is 43.7 Å². The molecule has 23 heavy (non-hydrogen) atoms. The quantitative estimate of drug-likeness (QED) is 0.887. The average molecular weight is 340 g/mol. The zero-order valence-corrected chi connectivity index (χ0v) is 13.5. The number of halogens is 3. The molecule has 1 unspecified atom stereocenters. The molecule has 0 aliphatic carbocycles. The van der Waals surface area contributed by atoms with E-state index in [1.165, 1.54) is 6.07 Å². The Hall–Kier alpha value is -2.14. The largest absolute Gasteiger partial charge is 0.484 e. The molecule has 0 aromatic heterocycles. The third-order valence-corrected chi connectivity index (χ3v) is 3.73. The zero-order valence-electron chi connectivity index (χ0n) is 12.7. The molecule has 6 heteroatoms. The van der Waals surface area contributed by atoms with E-state index in [1.807, 2.05) is 6.92 Å². The van der Waals surface area contributed by atoms with E-state index in [-0.39, 0.29) is 12.2 Å². The summed E-state index contributed by atoms with van der Waals surface area (Å²) in [5, 5.41) is 3.21. The number of hydrogen-bond acceptors (Lipinski definition) is 2. The molecule has 2 aromatic rings. The van der Waals surface area contributed by atoms with Crippen LogP contribution in [-0.4, -0.2) is 12.5 Å². The molecule has 0 heterocycles. The number of benzene rings is 2. The van der Waals surface area contributed by atoms with Crippen molar-refractivity contribution in [3.63, 3.8) is 0 Å². The van der Waals surface area contributed by atoms with E-state index in [0.29, 0.717) is 10.8 Å². The maximum Gasteiger partial charge on any atom is 0.258 e. The third-order valence-electron chi connectivity index (χ3n) is 3.31. The van der Waals surface area contributed by atoms with E-state index < -0.39 is 23.6 Å². The second-order valence-electron chi connectivity index (χ2n) is 5.15. The van der Waals surface area contributed by atoms with Gasteiger partial charge in [-0.15, -0.1) is 0 Å². The number of ether oxygens (including phenoxy) is 1. The molecule has 0 saturated heterocycles. The highest BCUT2D eigenvalue weighted by atomic mass is 35.5. The van der Waals surface area contributed by atoms with Crippen LogP contribution in [0.4, 0.5) is 8.78 Å². The van der Waals surface area contributed by atoms with Crippen LogP contribution >= 0.6 is 11.6 Å². The first-order valence-electron chi connectivity index (χ1n) is 7.00. The van der Waals surface area contributed by atoms with Gasteiger partial charge in [0, 0.05) is 16.7 Å². The van der Waals surface area contributed by atoms with Crippen LogP contribution in [0, 0.1) is 18.6 Å². The summed E-state index contributed by atoms with van der Waals surface area (Å²) < 4.78 is 31.9. The standard InChI is InChI=1S/C17H16ClF2NO2/c1-10-7-13(4-6-15(10)18)23-9-17(22)21-11(2)14-5-3-12(19)8-16(14)20/h3-8,11H,9H2,1-2H3,(H,21,22). The van der Waals surface area contributed by atoms with Crippen LogP contribution in [-0.2, 0) is 4.79 Å². The van der Waals surface area contributed by atoms with Crippen molar-refractivity contribution in [2.24, 2.45) is 0 Å². The van der Waals surface area contributed by atoms with Gasteiger partial charge in [0.25, 0.3) is 5.91 Å². The maximum absolute atomic E-state index is 13.6. The Morgan fingerprint density at radius 1 is 1.26 bits per heavy atom. The monoisotopic (exact) mass is 339 g/mol. The lowest BCUT2D eigenvalue weighted by molar-refractivity contribution is -0.123. The molecule has 0 radical (unpaired) electrons. The molecule has 0 fully saturated rings. The van der Waals surface area contributed by atoms with Crippen LogP contribution < -0.4 is 10.1 Å². The minimum absolute atomic E-state index is 0.210. The molecular formula is C17H16ClF2NO2. The van der Waals surface area contributed by atoms with Crippen molar-refractivity contribution < 1.29 is 18.3 Å². The van der Waals surface area contributed by atoms with E-state index in [1.54, 1.807) is 25.1 Å². The number of carbonyl (C=O) groups is 1. The lowest BCUT2D eigenvalue weighted by atomic mass is 10.1. The predicted octanol–water partition coefficient (Wildman–Crippen LogP) is 4.18. The fraction of sp³-hybridized carbons (Fsp3) is 0.235. The average Bonchev–Trinajstić information content (AvgIpc) is 2.48. The zero-order chi connectivity index (χ0) is 17.0. The molecule has 0 saturated carbocycles. The molecule has 0 spiro atoms. The van der Waals surface area contributed by atoms with E-state index in [4.69, 9.17) is 16.3 Å². The highest BCUT2D eigenvalue weighted by Gasteiger charge is 2.14. The molecule has 1 atom stereocenters. The van der Waals surface area contributed by atoms with Crippen LogP contribution in [0.2, 0.25) is 5.02 Å². The van der Waals surface area contributed by atoms with E-state index in [0.717, 1.165) is 17.7 Å². The fourth-order valence-electron chi connectivity index (χ4n) is 2.07. The Morgan fingerprint density at radius 3 is 2.65 bits per heavy atom. The number of nitrogens with one attached hydrogen (secondary N) is 1. The molecule has 0 bridgehead atoms. The van der Waals surface area contributed by atoms with Crippen LogP contribution in [0.15, 0.2) is 36.4 Å². The van der Waals surface area contributed by atoms with Gasteiger partial charge in [-0.25, -0.2) is 8.78 Å². The van der Waals surface area contributed by atoms with E-state index in [9.17, 15) is 13.6 Å². The summed E-state index contributed by atoms with van der Waals surface area (Å²) in [6.45, 7) is 3.23. The maximum atomic E-state index is 13.6. The second kappa shape index (κ2) is 7.42. The molecule has 1 amide bonds. The van der Waals surface area contributed by atoms with Gasteiger partial charge in [-0.2, -0.15) is 0 Å². The molecular weight excluding hydrogens is 324 g/mol. The Kier molecular flexibility index (Phi) is 5.55. The van der Waals surface area contributed by atoms with Crippen molar-refractivity contribution in [1.29, 1.82) is 0 Å². The highest BCUT2D eigenvalue weighted by molar-refractivity contribution is 6.31. The summed E-state index contributed by atoms with van der Waals surface area (Å²) in [4.78, 5) is 11.9. The first-order valence-corrected chi connectivity index (χ1v) is 7.38. The Labute approximate surface area is 138 Å². The Balaban J connectivity index is 1.92. The van der Waals surface area contributed by atoms with Gasteiger partial charge in [0.05, 0.1) is 6.04 Å². The predicted molar refractivity (Wildman–Crippen MR) is 84.6 cm³/mol. The number of hydrogen-bond donors (Lipinski definition) is 1. The van der Waals surface area contributed by atoms with Crippen molar-refractivity contribution in [3.05, 3.63) is 64.2 Å². The molecule has 0 aliphatic heterocycles. The highest BCUT2D eigenvalue weighted by Crippen LogP contribution is 2.21. The topological polar surface area (TPSA) is 38.3 Å². The summed E-state index contributed by atoms with van der Waals surface area (Å²) in [7, 11) is 0. The number of aryl methyl sites for hydroxylation is 1. The van der Waals surface area contributed by atoms with Crippen molar-refractivity contribution >= 4 is 17.5 Å². The van der Waals surface area contributed by atoms with Crippen molar-refractivity contribution in [2.45, 2.75) is 19.9 Å². The second-order valence-corrected chi connectivity index (χ2v) is 5.56. The Bertz CT molecular complexity index is 722. The van der Waals surface area contributed by atoms with Crippen molar-refractivity contribution in [2.75, 3.05) is 6.61 Å². The molecule has 0 aliphatic rings. The smallest absolute Gasteiger partial charge is 0.258 e. The van der Waals surface area contributed by atoms with Crippen LogP contribution in [0.3, 0.4) is 0 Å². The van der Waals surface area contributed by atoms with Gasteiger partial charge in [0.15, 0.2) is 6.61 Å². The molecule has 2 rings (SSSR count). The molecule has 2 aromatic carbocycles. The van der Waals surface area contributed by atoms with Gasteiger partial charge in [0.1, 0.15) is 17.4 Å². The minimum atomic E-state index is -0.702. The normalized spacial score (nSPS) is 11.9. The Morgan fingerprint density at radius 2 is 2.00 bits per heavy atom. The number of carbonyl (C=O) groups excluding carboxylic acids is 1. The van der Waals surface area contributed by atoms with E-state index in [2.05, 4.69) is 5.32 Å².